The zero-order chi connectivity index (χ0) is 8.74. The quantitative estimate of drug-likeness (QED) is 0.567. The highest BCUT2D eigenvalue weighted by Gasteiger charge is 2.18. The van der Waals surface area contributed by atoms with Crippen LogP contribution < -0.4 is 0 Å². The molecule has 0 saturated carbocycles. The smallest absolute Gasteiger partial charge is 0.0310 e. The summed E-state index contributed by atoms with van der Waals surface area (Å²) in [6, 6.07) is 0. The van der Waals surface area contributed by atoms with Crippen molar-refractivity contribution in [2.75, 3.05) is 5.75 Å². The van der Waals surface area contributed by atoms with Crippen LogP contribution in [0.1, 0.15) is 40.5 Å². The molecule has 0 aromatic heterocycles. The van der Waals surface area contributed by atoms with Crippen LogP contribution in [-0.4, -0.2) is 10.5 Å². The van der Waals surface area contributed by atoms with E-state index in [0.29, 0.717) is 4.75 Å². The summed E-state index contributed by atoms with van der Waals surface area (Å²) in [5.74, 6) is 1.21. The SMILES string of the molecule is CC=CC(C)(CCC)SCC. The van der Waals surface area contributed by atoms with Gasteiger partial charge >= 0.3 is 0 Å². The van der Waals surface area contributed by atoms with Crippen molar-refractivity contribution >= 4 is 11.8 Å². The number of thioether (sulfide) groups is 1. The van der Waals surface area contributed by atoms with Crippen molar-refractivity contribution in [3.63, 3.8) is 0 Å². The molecule has 0 fully saturated rings. The maximum Gasteiger partial charge on any atom is 0.0310 e. The topological polar surface area (TPSA) is 0 Å². The molecule has 0 saturated heterocycles. The lowest BCUT2D eigenvalue weighted by Gasteiger charge is -2.24. The first kappa shape index (κ1) is 11.1. The lowest BCUT2D eigenvalue weighted by molar-refractivity contribution is 0.680. The van der Waals surface area contributed by atoms with E-state index in [9.17, 15) is 0 Å². The van der Waals surface area contributed by atoms with Gasteiger partial charge in [-0.1, -0.05) is 32.4 Å². The summed E-state index contributed by atoms with van der Waals surface area (Å²) in [6.45, 7) is 8.90. The van der Waals surface area contributed by atoms with Crippen LogP contribution in [0.5, 0.6) is 0 Å². The van der Waals surface area contributed by atoms with Gasteiger partial charge in [-0.05, 0) is 26.0 Å². The van der Waals surface area contributed by atoms with E-state index in [-0.39, 0.29) is 0 Å². The zero-order valence-corrected chi connectivity index (χ0v) is 9.00. The van der Waals surface area contributed by atoms with Gasteiger partial charge in [-0.25, -0.2) is 0 Å². The van der Waals surface area contributed by atoms with Gasteiger partial charge in [0.2, 0.25) is 0 Å². The van der Waals surface area contributed by atoms with E-state index < -0.39 is 0 Å². The summed E-state index contributed by atoms with van der Waals surface area (Å²) in [6.07, 6.45) is 7.05. The summed E-state index contributed by atoms with van der Waals surface area (Å²) in [5.41, 5.74) is 0. The van der Waals surface area contributed by atoms with Gasteiger partial charge in [0.1, 0.15) is 0 Å². The number of allylic oxidation sites excluding steroid dienone is 1. The Hall–Kier alpha value is 0.0900. The Morgan fingerprint density at radius 2 is 2.00 bits per heavy atom. The molecule has 0 radical (unpaired) electrons. The van der Waals surface area contributed by atoms with Crippen LogP contribution in [-0.2, 0) is 0 Å². The lowest BCUT2D eigenvalue weighted by atomic mass is 10.1. The van der Waals surface area contributed by atoms with Crippen LogP contribution >= 0.6 is 11.8 Å². The summed E-state index contributed by atoms with van der Waals surface area (Å²) >= 11 is 2.04. The summed E-state index contributed by atoms with van der Waals surface area (Å²) in [4.78, 5) is 0. The Morgan fingerprint density at radius 3 is 2.36 bits per heavy atom. The first-order chi connectivity index (χ1) is 5.18. The number of hydrogen-bond acceptors (Lipinski definition) is 1. The summed E-state index contributed by atoms with van der Waals surface area (Å²) in [5, 5.41) is 0. The maximum atomic E-state index is 2.32. The summed E-state index contributed by atoms with van der Waals surface area (Å²) < 4.78 is 0.387. The van der Waals surface area contributed by atoms with E-state index in [1.54, 1.807) is 0 Å². The van der Waals surface area contributed by atoms with Crippen LogP contribution in [0.25, 0.3) is 0 Å². The van der Waals surface area contributed by atoms with E-state index in [2.05, 4.69) is 39.8 Å². The molecule has 0 spiro atoms. The molecule has 0 aliphatic heterocycles. The molecule has 1 heteroatoms. The van der Waals surface area contributed by atoms with Crippen LogP contribution in [0.15, 0.2) is 12.2 Å². The molecule has 0 heterocycles. The predicted molar refractivity (Wildman–Crippen MR) is 56.3 cm³/mol. The molecule has 0 rings (SSSR count). The molecule has 66 valence electrons. The number of hydrogen-bond donors (Lipinski definition) is 0. The monoisotopic (exact) mass is 172 g/mol. The molecule has 0 aromatic rings. The average Bonchev–Trinajstić information content (AvgIpc) is 1.88. The molecule has 1 unspecified atom stereocenters. The highest BCUT2D eigenvalue weighted by Crippen LogP contribution is 2.30. The largest absolute Gasteiger partial charge is 0.152 e. The van der Waals surface area contributed by atoms with E-state index in [0.717, 1.165) is 0 Å². The van der Waals surface area contributed by atoms with E-state index in [1.807, 2.05) is 11.8 Å². The highest BCUT2D eigenvalue weighted by atomic mass is 32.2. The van der Waals surface area contributed by atoms with E-state index >= 15 is 0 Å². The minimum absolute atomic E-state index is 0.387. The molecule has 0 nitrogen and oxygen atoms in total. The van der Waals surface area contributed by atoms with Crippen LogP contribution in [0.4, 0.5) is 0 Å². The second-order valence-corrected chi connectivity index (χ2v) is 4.79. The van der Waals surface area contributed by atoms with Crippen molar-refractivity contribution in [2.45, 2.75) is 45.3 Å². The Balaban J connectivity index is 4.01. The predicted octanol–water partition coefficient (Wildman–Crippen LogP) is 3.87. The van der Waals surface area contributed by atoms with Gasteiger partial charge in [0.25, 0.3) is 0 Å². The fraction of sp³-hybridized carbons (Fsp3) is 0.800. The third-order valence-electron chi connectivity index (χ3n) is 1.74. The van der Waals surface area contributed by atoms with Crippen molar-refractivity contribution in [1.82, 2.24) is 0 Å². The minimum Gasteiger partial charge on any atom is -0.152 e. The van der Waals surface area contributed by atoms with Gasteiger partial charge in [0.05, 0.1) is 0 Å². The van der Waals surface area contributed by atoms with Gasteiger partial charge in [-0.3, -0.25) is 0 Å². The zero-order valence-electron chi connectivity index (χ0n) is 8.18. The molecule has 0 N–H and O–H groups in total. The first-order valence-electron chi connectivity index (χ1n) is 4.46. The van der Waals surface area contributed by atoms with Gasteiger partial charge in [-0.15, -0.1) is 0 Å². The molecule has 11 heavy (non-hydrogen) atoms. The van der Waals surface area contributed by atoms with Crippen molar-refractivity contribution in [2.24, 2.45) is 0 Å². The third-order valence-corrected chi connectivity index (χ3v) is 3.03. The van der Waals surface area contributed by atoms with Crippen LogP contribution in [0, 0.1) is 0 Å². The highest BCUT2D eigenvalue weighted by molar-refractivity contribution is 8.00. The van der Waals surface area contributed by atoms with Crippen molar-refractivity contribution in [3.8, 4) is 0 Å². The standard InChI is InChI=1S/C10H20S/c1-5-8-10(4,9-6-2)11-7-3/h5,8H,6-7,9H2,1-4H3. The fourth-order valence-electron chi connectivity index (χ4n) is 1.38. The Kier molecular flexibility index (Phi) is 5.75. The van der Waals surface area contributed by atoms with E-state index in [1.165, 1.54) is 18.6 Å². The number of rotatable bonds is 5. The molecular weight excluding hydrogens is 152 g/mol. The summed E-state index contributed by atoms with van der Waals surface area (Å²) in [7, 11) is 0. The second kappa shape index (κ2) is 5.70. The Morgan fingerprint density at radius 1 is 1.36 bits per heavy atom. The lowest BCUT2D eigenvalue weighted by Crippen LogP contribution is -2.16. The molecule has 0 aliphatic rings. The first-order valence-corrected chi connectivity index (χ1v) is 5.45. The molecular formula is C10H20S. The van der Waals surface area contributed by atoms with Gasteiger partial charge in [-0.2, -0.15) is 11.8 Å². The van der Waals surface area contributed by atoms with Crippen molar-refractivity contribution < 1.29 is 0 Å². The Bertz CT molecular complexity index is 110. The average molecular weight is 172 g/mol. The fourth-order valence-corrected chi connectivity index (χ4v) is 2.62. The van der Waals surface area contributed by atoms with Crippen LogP contribution in [0.3, 0.4) is 0 Å². The second-order valence-electron chi connectivity index (χ2n) is 3.00. The van der Waals surface area contributed by atoms with E-state index in [4.69, 9.17) is 0 Å². The van der Waals surface area contributed by atoms with Gasteiger partial charge in [0.15, 0.2) is 0 Å². The molecule has 0 aliphatic carbocycles. The molecule has 1 atom stereocenters. The molecule has 0 aromatic carbocycles. The van der Waals surface area contributed by atoms with Crippen LogP contribution in [0.2, 0.25) is 0 Å². The van der Waals surface area contributed by atoms with Crippen molar-refractivity contribution in [1.29, 1.82) is 0 Å². The minimum atomic E-state index is 0.387. The van der Waals surface area contributed by atoms with Gasteiger partial charge < -0.3 is 0 Å². The molecule has 0 amide bonds. The normalized spacial score (nSPS) is 17.1. The van der Waals surface area contributed by atoms with Crippen molar-refractivity contribution in [3.05, 3.63) is 12.2 Å². The van der Waals surface area contributed by atoms with Gasteiger partial charge in [0, 0.05) is 4.75 Å². The third kappa shape index (κ3) is 4.52. The maximum absolute atomic E-state index is 2.32. The Labute approximate surface area is 75.5 Å². The molecule has 0 bridgehead atoms.